The Morgan fingerprint density at radius 2 is 1.85 bits per heavy atom. The van der Waals surface area contributed by atoms with Crippen molar-refractivity contribution >= 4 is 29.1 Å². The molecule has 1 rings (SSSR count). The van der Waals surface area contributed by atoms with Crippen LogP contribution in [0.1, 0.15) is 58.3 Å². The summed E-state index contributed by atoms with van der Waals surface area (Å²) >= 11 is 6.24. The molecule has 0 bridgehead atoms. The first-order valence-electron chi connectivity index (χ1n) is 9.02. The normalized spacial score (nSPS) is 13.4. The third-order valence-corrected chi connectivity index (χ3v) is 5.10. The average molecular weight is 393 g/mol. The molecule has 0 aliphatic carbocycles. The maximum Gasteiger partial charge on any atom is 0.253 e. The van der Waals surface area contributed by atoms with E-state index < -0.39 is 5.54 Å². The Balaban J connectivity index is 2.74. The maximum absolute atomic E-state index is 12.4. The first-order valence-corrected chi connectivity index (χ1v) is 9.40. The van der Waals surface area contributed by atoms with E-state index in [-0.39, 0.29) is 29.8 Å². The van der Waals surface area contributed by atoms with Gasteiger partial charge in [0.1, 0.15) is 5.54 Å². The minimum Gasteiger partial charge on any atom is -0.376 e. The molecule has 1 aromatic carbocycles. The molecule has 0 spiro atoms. The summed E-state index contributed by atoms with van der Waals surface area (Å²) in [6, 6.07) is 7.06. The Labute approximate surface area is 166 Å². The van der Waals surface area contributed by atoms with Crippen LogP contribution in [0.5, 0.6) is 0 Å². The quantitative estimate of drug-likeness (QED) is 0.628. The first kappa shape index (κ1) is 22.8. The van der Waals surface area contributed by atoms with Crippen LogP contribution in [-0.4, -0.2) is 29.4 Å². The zero-order valence-corrected chi connectivity index (χ0v) is 17.6. The summed E-state index contributed by atoms with van der Waals surface area (Å²) in [5.74, 6) is -0.556. The highest BCUT2D eigenvalue weighted by atomic mass is 35.5. The number of amides is 2. The molecule has 0 aliphatic rings. The molecule has 1 aromatic rings. The molecular weight excluding hydrogens is 364 g/mol. The van der Waals surface area contributed by atoms with Crippen molar-refractivity contribution in [3.63, 3.8) is 0 Å². The molecule has 0 aliphatic heterocycles. The van der Waals surface area contributed by atoms with Crippen LogP contribution in [0.2, 0.25) is 5.02 Å². The van der Waals surface area contributed by atoms with Gasteiger partial charge in [0, 0.05) is 11.2 Å². The van der Waals surface area contributed by atoms with Crippen LogP contribution >= 0.6 is 11.6 Å². The van der Waals surface area contributed by atoms with Gasteiger partial charge in [-0.1, -0.05) is 32.4 Å². The molecule has 7 heteroatoms. The number of carbonyl (C=O) groups excluding carboxylic acids is 2. The SMILES string of the molecule is CCC(C)(C)NC(=O)c1ccc(NCC(=O)NC(C)(C#N)C(C)C)cc1Cl. The summed E-state index contributed by atoms with van der Waals surface area (Å²) < 4.78 is 0. The number of anilines is 1. The molecule has 0 radical (unpaired) electrons. The minimum absolute atomic E-state index is 0.00523. The van der Waals surface area contributed by atoms with Gasteiger partial charge in [0.2, 0.25) is 5.91 Å². The lowest BCUT2D eigenvalue weighted by Crippen LogP contribution is -2.50. The molecule has 0 fully saturated rings. The summed E-state index contributed by atoms with van der Waals surface area (Å²) in [7, 11) is 0. The van der Waals surface area contributed by atoms with Gasteiger partial charge >= 0.3 is 0 Å². The van der Waals surface area contributed by atoms with Crippen molar-refractivity contribution in [3.05, 3.63) is 28.8 Å². The van der Waals surface area contributed by atoms with Gasteiger partial charge in [-0.15, -0.1) is 0 Å². The summed E-state index contributed by atoms with van der Waals surface area (Å²) in [5, 5.41) is 18.2. The zero-order valence-electron chi connectivity index (χ0n) is 16.9. The van der Waals surface area contributed by atoms with Crippen LogP contribution < -0.4 is 16.0 Å². The van der Waals surface area contributed by atoms with Gasteiger partial charge in [-0.3, -0.25) is 9.59 Å². The van der Waals surface area contributed by atoms with Gasteiger partial charge in [0.15, 0.2) is 0 Å². The van der Waals surface area contributed by atoms with Crippen molar-refractivity contribution < 1.29 is 9.59 Å². The molecule has 0 saturated carbocycles. The number of nitrogens with zero attached hydrogens (tertiary/aromatic N) is 1. The zero-order chi connectivity index (χ0) is 20.8. The van der Waals surface area contributed by atoms with E-state index in [2.05, 4.69) is 22.0 Å². The van der Waals surface area contributed by atoms with Gasteiger partial charge in [-0.05, 0) is 51.3 Å². The van der Waals surface area contributed by atoms with Crippen LogP contribution in [-0.2, 0) is 4.79 Å². The van der Waals surface area contributed by atoms with Crippen molar-refractivity contribution in [2.75, 3.05) is 11.9 Å². The summed E-state index contributed by atoms with van der Waals surface area (Å²) in [5.41, 5.74) is -0.251. The van der Waals surface area contributed by atoms with E-state index in [1.807, 2.05) is 34.6 Å². The van der Waals surface area contributed by atoms with E-state index in [0.717, 1.165) is 6.42 Å². The lowest BCUT2D eigenvalue weighted by atomic mass is 9.90. The second-order valence-electron chi connectivity index (χ2n) is 7.76. The Bertz CT molecular complexity index is 740. The van der Waals surface area contributed by atoms with E-state index in [0.29, 0.717) is 16.3 Å². The van der Waals surface area contributed by atoms with Crippen molar-refractivity contribution in [1.82, 2.24) is 10.6 Å². The molecule has 6 nitrogen and oxygen atoms in total. The molecule has 0 aromatic heterocycles. The fraction of sp³-hybridized carbons (Fsp3) is 0.550. The average Bonchev–Trinajstić information content (AvgIpc) is 2.59. The van der Waals surface area contributed by atoms with Gasteiger partial charge in [0.05, 0.1) is 23.2 Å². The summed E-state index contributed by atoms with van der Waals surface area (Å²) in [6.07, 6.45) is 0.795. The number of halogens is 1. The van der Waals surface area contributed by atoms with Crippen molar-refractivity contribution in [1.29, 1.82) is 5.26 Å². The van der Waals surface area contributed by atoms with E-state index in [4.69, 9.17) is 11.6 Å². The third kappa shape index (κ3) is 6.44. The summed E-state index contributed by atoms with van der Waals surface area (Å²) in [6.45, 7) is 11.3. The highest BCUT2D eigenvalue weighted by molar-refractivity contribution is 6.34. The Morgan fingerprint density at radius 1 is 1.22 bits per heavy atom. The fourth-order valence-corrected chi connectivity index (χ4v) is 2.36. The second kappa shape index (κ2) is 9.09. The molecule has 27 heavy (non-hydrogen) atoms. The highest BCUT2D eigenvalue weighted by Gasteiger charge is 2.29. The van der Waals surface area contributed by atoms with Crippen LogP contribution in [0.25, 0.3) is 0 Å². The van der Waals surface area contributed by atoms with E-state index in [1.165, 1.54) is 0 Å². The van der Waals surface area contributed by atoms with Gasteiger partial charge in [0.25, 0.3) is 5.91 Å². The van der Waals surface area contributed by atoms with Gasteiger partial charge in [-0.25, -0.2) is 0 Å². The van der Waals surface area contributed by atoms with E-state index >= 15 is 0 Å². The van der Waals surface area contributed by atoms with Crippen molar-refractivity contribution in [2.24, 2.45) is 5.92 Å². The monoisotopic (exact) mass is 392 g/mol. The van der Waals surface area contributed by atoms with Crippen molar-refractivity contribution in [3.8, 4) is 6.07 Å². The molecule has 0 heterocycles. The van der Waals surface area contributed by atoms with Crippen LogP contribution in [0, 0.1) is 17.2 Å². The minimum atomic E-state index is -0.926. The van der Waals surface area contributed by atoms with Crippen LogP contribution in [0.15, 0.2) is 18.2 Å². The number of rotatable bonds is 8. The fourth-order valence-electron chi connectivity index (χ4n) is 2.09. The topological polar surface area (TPSA) is 94.0 Å². The predicted octanol–water partition coefficient (Wildman–Crippen LogP) is 3.72. The number of benzene rings is 1. The standard InChI is InChI=1S/C20H29ClN4O2/c1-7-19(4,5)25-18(27)15-9-8-14(10-16(15)21)23-11-17(26)24-20(6,12-22)13(2)3/h8-10,13,23H,7,11H2,1-6H3,(H,24,26)(H,25,27). The van der Waals surface area contributed by atoms with Gasteiger partial charge in [-0.2, -0.15) is 5.26 Å². The number of hydrogen-bond acceptors (Lipinski definition) is 4. The lowest BCUT2D eigenvalue weighted by Gasteiger charge is -2.27. The molecule has 0 saturated heterocycles. The summed E-state index contributed by atoms with van der Waals surface area (Å²) in [4.78, 5) is 24.5. The highest BCUT2D eigenvalue weighted by Crippen LogP contribution is 2.22. The Kier molecular flexibility index (Phi) is 7.67. The molecule has 1 atom stereocenters. The molecule has 3 N–H and O–H groups in total. The molecule has 148 valence electrons. The maximum atomic E-state index is 12.4. The Hall–Kier alpha value is -2.26. The molecule has 2 amide bonds. The van der Waals surface area contributed by atoms with Gasteiger partial charge < -0.3 is 16.0 Å². The van der Waals surface area contributed by atoms with E-state index in [9.17, 15) is 14.9 Å². The second-order valence-corrected chi connectivity index (χ2v) is 8.16. The predicted molar refractivity (Wildman–Crippen MR) is 109 cm³/mol. The van der Waals surface area contributed by atoms with Crippen LogP contribution in [0.4, 0.5) is 5.69 Å². The number of nitrogens with one attached hydrogen (secondary N) is 3. The number of carbonyl (C=O) groups is 2. The molecular formula is C20H29ClN4O2. The first-order chi connectivity index (χ1) is 12.4. The lowest BCUT2D eigenvalue weighted by molar-refractivity contribution is -0.121. The largest absolute Gasteiger partial charge is 0.376 e. The third-order valence-electron chi connectivity index (χ3n) is 4.79. The van der Waals surface area contributed by atoms with E-state index in [1.54, 1.807) is 25.1 Å². The smallest absolute Gasteiger partial charge is 0.253 e. The van der Waals surface area contributed by atoms with Crippen molar-refractivity contribution in [2.45, 2.75) is 59.0 Å². The molecule has 1 unspecified atom stereocenters. The van der Waals surface area contributed by atoms with Crippen LogP contribution in [0.3, 0.4) is 0 Å². The Morgan fingerprint density at radius 3 is 2.33 bits per heavy atom. The number of nitriles is 1. The number of hydrogen-bond donors (Lipinski definition) is 3.